The number of carbonyl (C=O) groups excluding carboxylic acids is 2. The smallest absolute Gasteiger partial charge is 0.338 e. The SMILES string of the molecule is C/C=C\c1cc(OCCOCCOCCOCCOCCOc2ccc(C(=O)OC)c(C(=O)OC)c2)ncc1C. The van der Waals surface area contributed by atoms with Crippen LogP contribution in [0.25, 0.3) is 6.08 Å². The van der Waals surface area contributed by atoms with Crippen LogP contribution in [0.5, 0.6) is 11.6 Å². The van der Waals surface area contributed by atoms with Crippen LogP contribution in [0.1, 0.15) is 38.8 Å². The molecule has 1 heterocycles. The molecule has 11 nitrogen and oxygen atoms in total. The van der Waals surface area contributed by atoms with Crippen LogP contribution < -0.4 is 9.47 Å². The van der Waals surface area contributed by atoms with Gasteiger partial charge < -0.3 is 37.9 Å². The molecule has 0 radical (unpaired) electrons. The Bertz CT molecular complexity index is 1070. The fraction of sp³-hybridized carbons (Fsp3) is 0.483. The highest BCUT2D eigenvalue weighted by Gasteiger charge is 2.19. The quantitative estimate of drug-likeness (QED) is 0.174. The van der Waals surface area contributed by atoms with Crippen molar-refractivity contribution in [3.05, 3.63) is 58.8 Å². The summed E-state index contributed by atoms with van der Waals surface area (Å²) in [5.74, 6) is -0.307. The Balaban J connectivity index is 1.44. The van der Waals surface area contributed by atoms with Gasteiger partial charge in [-0.05, 0) is 43.2 Å². The highest BCUT2D eigenvalue weighted by atomic mass is 16.6. The summed E-state index contributed by atoms with van der Waals surface area (Å²) >= 11 is 0. The molecule has 0 aliphatic carbocycles. The normalized spacial score (nSPS) is 11.0. The molecule has 0 bridgehead atoms. The number of carbonyl (C=O) groups is 2. The highest BCUT2D eigenvalue weighted by molar-refractivity contribution is 6.03. The van der Waals surface area contributed by atoms with E-state index in [1.54, 1.807) is 12.3 Å². The van der Waals surface area contributed by atoms with Gasteiger partial charge in [-0.25, -0.2) is 14.6 Å². The molecule has 220 valence electrons. The van der Waals surface area contributed by atoms with Crippen LogP contribution in [0.3, 0.4) is 0 Å². The zero-order valence-corrected chi connectivity index (χ0v) is 23.6. The number of benzene rings is 1. The van der Waals surface area contributed by atoms with Gasteiger partial charge in [-0.2, -0.15) is 0 Å². The maximum absolute atomic E-state index is 11.9. The lowest BCUT2D eigenvalue weighted by Gasteiger charge is -2.11. The summed E-state index contributed by atoms with van der Waals surface area (Å²) in [4.78, 5) is 28.0. The number of nitrogens with zero attached hydrogens (tertiary/aromatic N) is 1. The topological polar surface area (TPSA) is 121 Å². The van der Waals surface area contributed by atoms with Gasteiger partial charge >= 0.3 is 11.9 Å². The first-order valence-electron chi connectivity index (χ1n) is 13.0. The summed E-state index contributed by atoms with van der Waals surface area (Å²) in [5.41, 5.74) is 2.35. The molecule has 0 saturated heterocycles. The van der Waals surface area contributed by atoms with Crippen molar-refractivity contribution in [1.82, 2.24) is 4.98 Å². The first-order chi connectivity index (χ1) is 19.5. The summed E-state index contributed by atoms with van der Waals surface area (Å²) in [5, 5.41) is 0. The molecule has 11 heteroatoms. The van der Waals surface area contributed by atoms with Crippen molar-refractivity contribution >= 4 is 18.0 Å². The Labute approximate surface area is 235 Å². The molecule has 2 rings (SSSR count). The predicted molar refractivity (Wildman–Crippen MR) is 147 cm³/mol. The maximum atomic E-state index is 11.9. The van der Waals surface area contributed by atoms with Crippen LogP contribution in [-0.2, 0) is 28.4 Å². The van der Waals surface area contributed by atoms with Gasteiger partial charge in [-0.1, -0.05) is 12.2 Å². The Morgan fingerprint density at radius 3 is 1.80 bits per heavy atom. The summed E-state index contributed by atoms with van der Waals surface area (Å²) in [7, 11) is 2.47. The van der Waals surface area contributed by atoms with E-state index in [2.05, 4.69) is 9.72 Å². The van der Waals surface area contributed by atoms with E-state index in [1.165, 1.54) is 26.4 Å². The molecule has 0 unspecified atom stereocenters. The molecule has 2 aromatic rings. The zero-order chi connectivity index (χ0) is 29.0. The van der Waals surface area contributed by atoms with Crippen molar-refractivity contribution in [3.63, 3.8) is 0 Å². The second-order valence-electron chi connectivity index (χ2n) is 8.22. The molecule has 40 heavy (non-hydrogen) atoms. The number of hydrogen-bond donors (Lipinski definition) is 0. The third kappa shape index (κ3) is 12.1. The van der Waals surface area contributed by atoms with Crippen molar-refractivity contribution in [2.75, 3.05) is 80.3 Å². The molecule has 0 aliphatic rings. The molecule has 0 amide bonds. The first kappa shape index (κ1) is 32.7. The molecule has 1 aromatic carbocycles. The summed E-state index contributed by atoms with van der Waals surface area (Å²) in [6.45, 7) is 8.05. The minimum atomic E-state index is -0.657. The van der Waals surface area contributed by atoms with E-state index in [0.717, 1.165) is 11.1 Å². The standard InChI is InChI=1S/C29H39NO10/c1-5-6-23-19-27(30-21-22(23)2)40-18-16-38-14-12-36-10-9-35-11-13-37-15-17-39-24-7-8-25(28(31)33-3)26(20-24)29(32)34-4/h5-8,19-21H,9-18H2,1-4H3/b6-5-. The van der Waals surface area contributed by atoms with Crippen LogP contribution in [0.4, 0.5) is 0 Å². The average molecular weight is 562 g/mol. The van der Waals surface area contributed by atoms with Gasteiger partial charge in [0, 0.05) is 12.3 Å². The molecule has 0 fully saturated rings. The number of esters is 2. The van der Waals surface area contributed by atoms with E-state index in [-0.39, 0.29) is 17.7 Å². The van der Waals surface area contributed by atoms with Gasteiger partial charge in [0.1, 0.15) is 19.0 Å². The summed E-state index contributed by atoms with van der Waals surface area (Å²) < 4.78 is 42.6. The second kappa shape index (κ2) is 19.5. The Morgan fingerprint density at radius 2 is 1.25 bits per heavy atom. The van der Waals surface area contributed by atoms with Gasteiger partial charge in [0.15, 0.2) is 0 Å². The minimum absolute atomic E-state index is 0.0680. The average Bonchev–Trinajstić information content (AvgIpc) is 2.97. The van der Waals surface area contributed by atoms with Gasteiger partial charge in [0.25, 0.3) is 0 Å². The first-order valence-corrected chi connectivity index (χ1v) is 13.0. The van der Waals surface area contributed by atoms with E-state index >= 15 is 0 Å². The van der Waals surface area contributed by atoms with Gasteiger partial charge in [-0.3, -0.25) is 0 Å². The summed E-state index contributed by atoms with van der Waals surface area (Å²) in [6, 6.07) is 6.37. The van der Waals surface area contributed by atoms with Crippen LogP contribution in [0, 0.1) is 6.92 Å². The largest absolute Gasteiger partial charge is 0.491 e. The number of pyridine rings is 1. The summed E-state index contributed by atoms with van der Waals surface area (Å²) in [6.07, 6.45) is 5.80. The van der Waals surface area contributed by atoms with E-state index in [9.17, 15) is 9.59 Å². The fourth-order valence-corrected chi connectivity index (χ4v) is 3.32. The maximum Gasteiger partial charge on any atom is 0.338 e. The predicted octanol–water partition coefficient (Wildman–Crippen LogP) is 3.52. The molecule has 0 N–H and O–H groups in total. The lowest BCUT2D eigenvalue weighted by molar-refractivity contribution is -0.00710. The highest BCUT2D eigenvalue weighted by Crippen LogP contribution is 2.20. The number of aromatic nitrogens is 1. The number of aryl methyl sites for hydroxylation is 1. The Kier molecular flexibility index (Phi) is 16.0. The molecular formula is C29H39NO10. The van der Waals surface area contributed by atoms with E-state index in [1.807, 2.05) is 32.1 Å². The monoisotopic (exact) mass is 561 g/mol. The number of allylic oxidation sites excluding steroid dienone is 1. The van der Waals surface area contributed by atoms with Crippen molar-refractivity contribution in [2.24, 2.45) is 0 Å². The Morgan fingerprint density at radius 1 is 0.725 bits per heavy atom. The van der Waals surface area contributed by atoms with Crippen LogP contribution in [0.2, 0.25) is 0 Å². The number of hydrogen-bond acceptors (Lipinski definition) is 11. The number of methoxy groups -OCH3 is 2. The van der Waals surface area contributed by atoms with Crippen LogP contribution in [0.15, 0.2) is 36.5 Å². The lowest BCUT2D eigenvalue weighted by atomic mass is 10.1. The molecule has 1 aromatic heterocycles. The van der Waals surface area contributed by atoms with Gasteiger partial charge in [-0.15, -0.1) is 0 Å². The van der Waals surface area contributed by atoms with Gasteiger partial charge in [0.05, 0.1) is 78.2 Å². The minimum Gasteiger partial charge on any atom is -0.491 e. The van der Waals surface area contributed by atoms with E-state index < -0.39 is 11.9 Å². The second-order valence-corrected chi connectivity index (χ2v) is 8.22. The molecule has 0 aliphatic heterocycles. The van der Waals surface area contributed by atoms with Crippen molar-refractivity contribution in [3.8, 4) is 11.6 Å². The fourth-order valence-electron chi connectivity index (χ4n) is 3.32. The zero-order valence-electron chi connectivity index (χ0n) is 23.6. The van der Waals surface area contributed by atoms with E-state index in [0.29, 0.717) is 71.1 Å². The van der Waals surface area contributed by atoms with Crippen molar-refractivity contribution in [2.45, 2.75) is 13.8 Å². The molecule has 0 atom stereocenters. The third-order valence-corrected chi connectivity index (χ3v) is 5.36. The van der Waals surface area contributed by atoms with E-state index in [4.69, 9.17) is 33.2 Å². The third-order valence-electron chi connectivity index (χ3n) is 5.36. The number of ether oxygens (including phenoxy) is 8. The van der Waals surface area contributed by atoms with Crippen LogP contribution in [-0.4, -0.2) is 97.2 Å². The lowest BCUT2D eigenvalue weighted by Crippen LogP contribution is -2.15. The van der Waals surface area contributed by atoms with Crippen LogP contribution >= 0.6 is 0 Å². The molecular weight excluding hydrogens is 522 g/mol. The van der Waals surface area contributed by atoms with Crippen molar-refractivity contribution < 1.29 is 47.5 Å². The van der Waals surface area contributed by atoms with Gasteiger partial charge in [0.2, 0.25) is 5.88 Å². The number of rotatable bonds is 20. The Hall–Kier alpha value is -3.51. The molecule has 0 spiro atoms. The molecule has 0 saturated carbocycles. The van der Waals surface area contributed by atoms with Crippen molar-refractivity contribution in [1.29, 1.82) is 0 Å².